The summed E-state index contributed by atoms with van der Waals surface area (Å²) in [6.07, 6.45) is 1.98. The third kappa shape index (κ3) is 1.64. The molecule has 80 valence electrons. The summed E-state index contributed by atoms with van der Waals surface area (Å²) in [6, 6.07) is 0.0442. The monoisotopic (exact) mass is 199 g/mol. The molecule has 0 spiro atoms. The summed E-state index contributed by atoms with van der Waals surface area (Å²) >= 11 is 0. The fourth-order valence-corrected chi connectivity index (χ4v) is 2.56. The maximum absolute atomic E-state index is 11.1. The lowest BCUT2D eigenvalue weighted by Crippen LogP contribution is -2.45. The molecule has 14 heavy (non-hydrogen) atoms. The molecule has 2 rings (SSSR count). The summed E-state index contributed by atoms with van der Waals surface area (Å²) in [5, 5.41) is 9.13. The van der Waals surface area contributed by atoms with Gasteiger partial charge in [0, 0.05) is 12.6 Å². The molecule has 4 heteroatoms. The quantitative estimate of drug-likeness (QED) is 0.706. The molecule has 1 N–H and O–H groups in total. The predicted octanol–water partition coefficient (Wildman–Crippen LogP) is 0.570. The van der Waals surface area contributed by atoms with Gasteiger partial charge in [-0.2, -0.15) is 0 Å². The van der Waals surface area contributed by atoms with Gasteiger partial charge in [-0.3, -0.25) is 9.69 Å². The zero-order chi connectivity index (χ0) is 10.1. The Kier molecular flexibility index (Phi) is 2.74. The molecule has 2 saturated heterocycles. The van der Waals surface area contributed by atoms with Gasteiger partial charge in [0.1, 0.15) is 6.04 Å². The van der Waals surface area contributed by atoms with E-state index < -0.39 is 5.97 Å². The first-order chi connectivity index (χ1) is 6.70. The standard InChI is InChI=1S/C10H17NO3/c1-7-2-4-11(9(7)10(12)13)8-3-5-14-6-8/h7-9H,2-6H2,1H3,(H,12,13). The Bertz CT molecular complexity index is 225. The molecule has 2 fully saturated rings. The summed E-state index contributed by atoms with van der Waals surface area (Å²) in [5.41, 5.74) is 0. The Morgan fingerprint density at radius 2 is 2.29 bits per heavy atom. The Morgan fingerprint density at radius 3 is 2.86 bits per heavy atom. The van der Waals surface area contributed by atoms with Gasteiger partial charge in [-0.05, 0) is 25.3 Å². The van der Waals surface area contributed by atoms with Gasteiger partial charge in [0.15, 0.2) is 0 Å². The topological polar surface area (TPSA) is 49.8 Å². The number of likely N-dealkylation sites (tertiary alicyclic amines) is 1. The molecule has 0 aromatic carbocycles. The second-order valence-corrected chi connectivity index (χ2v) is 4.30. The van der Waals surface area contributed by atoms with Crippen LogP contribution in [0.15, 0.2) is 0 Å². The van der Waals surface area contributed by atoms with Gasteiger partial charge in [0.25, 0.3) is 0 Å². The summed E-state index contributed by atoms with van der Waals surface area (Å²) < 4.78 is 5.30. The van der Waals surface area contributed by atoms with Crippen LogP contribution in [0.1, 0.15) is 19.8 Å². The van der Waals surface area contributed by atoms with Crippen molar-refractivity contribution in [2.24, 2.45) is 5.92 Å². The third-order valence-corrected chi connectivity index (χ3v) is 3.37. The molecule has 0 radical (unpaired) electrons. The first kappa shape index (κ1) is 9.93. The molecule has 0 aromatic rings. The first-order valence-electron chi connectivity index (χ1n) is 5.26. The zero-order valence-corrected chi connectivity index (χ0v) is 8.48. The van der Waals surface area contributed by atoms with Crippen molar-refractivity contribution in [3.63, 3.8) is 0 Å². The first-order valence-corrected chi connectivity index (χ1v) is 5.26. The highest BCUT2D eigenvalue weighted by Crippen LogP contribution is 2.28. The van der Waals surface area contributed by atoms with Crippen molar-refractivity contribution in [2.75, 3.05) is 19.8 Å². The number of ether oxygens (including phenoxy) is 1. The van der Waals surface area contributed by atoms with E-state index in [4.69, 9.17) is 9.84 Å². The van der Waals surface area contributed by atoms with Crippen molar-refractivity contribution in [2.45, 2.75) is 31.8 Å². The second kappa shape index (κ2) is 3.87. The number of rotatable bonds is 2. The van der Waals surface area contributed by atoms with Crippen molar-refractivity contribution in [1.82, 2.24) is 4.90 Å². The van der Waals surface area contributed by atoms with Crippen LogP contribution in [0.4, 0.5) is 0 Å². The molecule has 2 aliphatic rings. The smallest absolute Gasteiger partial charge is 0.321 e. The van der Waals surface area contributed by atoms with E-state index in [1.807, 2.05) is 6.92 Å². The summed E-state index contributed by atoms with van der Waals surface area (Å²) in [4.78, 5) is 13.2. The summed E-state index contributed by atoms with van der Waals surface area (Å²) in [6.45, 7) is 4.42. The van der Waals surface area contributed by atoms with Crippen LogP contribution in [-0.2, 0) is 9.53 Å². The van der Waals surface area contributed by atoms with Crippen LogP contribution in [0.3, 0.4) is 0 Å². The Balaban J connectivity index is 2.06. The average Bonchev–Trinajstić information content (AvgIpc) is 2.70. The normalized spacial score (nSPS) is 39.1. The van der Waals surface area contributed by atoms with E-state index in [0.717, 1.165) is 26.0 Å². The van der Waals surface area contributed by atoms with Crippen molar-refractivity contribution < 1.29 is 14.6 Å². The van der Waals surface area contributed by atoms with E-state index in [9.17, 15) is 4.79 Å². The minimum atomic E-state index is -0.679. The minimum absolute atomic E-state index is 0.271. The zero-order valence-electron chi connectivity index (χ0n) is 8.48. The van der Waals surface area contributed by atoms with Gasteiger partial charge in [-0.1, -0.05) is 6.92 Å². The number of carbonyl (C=O) groups is 1. The van der Waals surface area contributed by atoms with Gasteiger partial charge in [-0.15, -0.1) is 0 Å². The van der Waals surface area contributed by atoms with Gasteiger partial charge in [0.05, 0.1) is 6.61 Å². The number of hydrogen-bond donors (Lipinski definition) is 1. The third-order valence-electron chi connectivity index (χ3n) is 3.37. The molecule has 0 saturated carbocycles. The van der Waals surface area contributed by atoms with Crippen molar-refractivity contribution >= 4 is 5.97 Å². The maximum atomic E-state index is 11.1. The van der Waals surface area contributed by atoms with Gasteiger partial charge < -0.3 is 9.84 Å². The van der Waals surface area contributed by atoms with Crippen LogP contribution in [-0.4, -0.2) is 47.8 Å². The van der Waals surface area contributed by atoms with Gasteiger partial charge >= 0.3 is 5.97 Å². The van der Waals surface area contributed by atoms with Crippen LogP contribution >= 0.6 is 0 Å². The van der Waals surface area contributed by atoms with Crippen LogP contribution in [0.25, 0.3) is 0 Å². The Morgan fingerprint density at radius 1 is 1.50 bits per heavy atom. The van der Waals surface area contributed by atoms with E-state index in [2.05, 4.69) is 4.90 Å². The number of carboxylic acids is 1. The lowest BCUT2D eigenvalue weighted by molar-refractivity contribution is -0.144. The highest BCUT2D eigenvalue weighted by atomic mass is 16.5. The molecule has 2 heterocycles. The molecule has 3 atom stereocenters. The number of aliphatic carboxylic acids is 1. The average molecular weight is 199 g/mol. The molecule has 3 unspecified atom stereocenters. The summed E-state index contributed by atoms with van der Waals surface area (Å²) in [7, 11) is 0. The molecular weight excluding hydrogens is 182 g/mol. The van der Waals surface area contributed by atoms with Crippen molar-refractivity contribution in [3.8, 4) is 0 Å². The van der Waals surface area contributed by atoms with Crippen LogP contribution < -0.4 is 0 Å². The maximum Gasteiger partial charge on any atom is 0.321 e. The number of hydrogen-bond acceptors (Lipinski definition) is 3. The van der Waals surface area contributed by atoms with Crippen molar-refractivity contribution in [1.29, 1.82) is 0 Å². The lowest BCUT2D eigenvalue weighted by Gasteiger charge is -2.28. The highest BCUT2D eigenvalue weighted by Gasteiger charge is 2.41. The number of carboxylic acid groups (broad SMARTS) is 1. The second-order valence-electron chi connectivity index (χ2n) is 4.30. The molecule has 0 aliphatic carbocycles. The molecule has 0 bridgehead atoms. The molecule has 0 aromatic heterocycles. The summed E-state index contributed by atoms with van der Waals surface area (Å²) in [5.74, 6) is -0.407. The van der Waals surface area contributed by atoms with E-state index in [0.29, 0.717) is 12.6 Å². The fourth-order valence-electron chi connectivity index (χ4n) is 2.56. The van der Waals surface area contributed by atoms with Gasteiger partial charge in [0.2, 0.25) is 0 Å². The van der Waals surface area contributed by atoms with Crippen LogP contribution in [0, 0.1) is 5.92 Å². The number of nitrogens with zero attached hydrogens (tertiary/aromatic N) is 1. The van der Waals surface area contributed by atoms with E-state index in [-0.39, 0.29) is 12.0 Å². The van der Waals surface area contributed by atoms with E-state index in [1.54, 1.807) is 0 Å². The molecular formula is C10H17NO3. The SMILES string of the molecule is CC1CCN(C2CCOC2)C1C(=O)O. The van der Waals surface area contributed by atoms with Crippen molar-refractivity contribution in [3.05, 3.63) is 0 Å². The largest absolute Gasteiger partial charge is 0.480 e. The molecule has 0 amide bonds. The molecule has 2 aliphatic heterocycles. The molecule has 4 nitrogen and oxygen atoms in total. The fraction of sp³-hybridized carbons (Fsp3) is 0.900. The Labute approximate surface area is 83.8 Å². The van der Waals surface area contributed by atoms with Crippen LogP contribution in [0.5, 0.6) is 0 Å². The predicted molar refractivity (Wildman–Crippen MR) is 51.1 cm³/mol. The van der Waals surface area contributed by atoms with Crippen LogP contribution in [0.2, 0.25) is 0 Å². The lowest BCUT2D eigenvalue weighted by atomic mass is 10.0. The Hall–Kier alpha value is -0.610. The van der Waals surface area contributed by atoms with E-state index in [1.165, 1.54) is 0 Å². The van der Waals surface area contributed by atoms with Gasteiger partial charge in [-0.25, -0.2) is 0 Å². The van der Waals surface area contributed by atoms with E-state index >= 15 is 0 Å². The highest BCUT2D eigenvalue weighted by molar-refractivity contribution is 5.74. The minimum Gasteiger partial charge on any atom is -0.480 e.